The van der Waals surface area contributed by atoms with Crippen molar-refractivity contribution >= 4 is 22.4 Å². The van der Waals surface area contributed by atoms with Gasteiger partial charge in [-0.15, -0.1) is 20.4 Å². The molecule has 9 heteroatoms. The molecule has 8 nitrogen and oxygen atoms in total. The second-order valence-electron chi connectivity index (χ2n) is 6.15. The van der Waals surface area contributed by atoms with Crippen molar-refractivity contribution < 1.29 is 4.79 Å². The van der Waals surface area contributed by atoms with Crippen LogP contribution in [0.4, 0.5) is 5.13 Å². The van der Waals surface area contributed by atoms with Crippen LogP contribution in [-0.4, -0.2) is 54.9 Å². The zero-order valence-electron chi connectivity index (χ0n) is 14.4. The summed E-state index contributed by atoms with van der Waals surface area (Å²) < 4.78 is 2.16. The molecule has 26 heavy (non-hydrogen) atoms. The van der Waals surface area contributed by atoms with Crippen molar-refractivity contribution in [2.75, 3.05) is 18.4 Å². The molecule has 0 bridgehead atoms. The fourth-order valence-corrected chi connectivity index (χ4v) is 3.58. The van der Waals surface area contributed by atoms with Gasteiger partial charge in [-0.3, -0.25) is 15.0 Å². The van der Waals surface area contributed by atoms with Gasteiger partial charge in [-0.2, -0.15) is 0 Å². The lowest BCUT2D eigenvalue weighted by Gasteiger charge is -2.25. The maximum atomic E-state index is 12.5. The van der Waals surface area contributed by atoms with Crippen LogP contribution in [0.2, 0.25) is 0 Å². The first-order valence-electron chi connectivity index (χ1n) is 8.51. The van der Waals surface area contributed by atoms with Gasteiger partial charge in [0.1, 0.15) is 11.3 Å². The number of nitrogens with one attached hydrogen (secondary N) is 1. The van der Waals surface area contributed by atoms with Crippen molar-refractivity contribution in [3.8, 4) is 11.4 Å². The predicted molar refractivity (Wildman–Crippen MR) is 98.7 cm³/mol. The first-order chi connectivity index (χ1) is 12.7. The molecule has 0 fully saturated rings. The van der Waals surface area contributed by atoms with Crippen LogP contribution in [-0.2, 0) is 17.8 Å². The van der Waals surface area contributed by atoms with E-state index in [1.807, 2.05) is 37.3 Å². The van der Waals surface area contributed by atoms with Crippen LogP contribution in [0.1, 0.15) is 12.7 Å². The van der Waals surface area contributed by atoms with Gasteiger partial charge in [-0.25, -0.2) is 0 Å². The number of hydrogen-bond acceptors (Lipinski definition) is 7. The van der Waals surface area contributed by atoms with Gasteiger partial charge in [0.2, 0.25) is 11.0 Å². The zero-order chi connectivity index (χ0) is 17.9. The van der Waals surface area contributed by atoms with Gasteiger partial charge in [0.15, 0.2) is 5.82 Å². The summed E-state index contributed by atoms with van der Waals surface area (Å²) in [6.07, 6.45) is 0.760. The van der Waals surface area contributed by atoms with Gasteiger partial charge in [0.05, 0.1) is 6.04 Å². The third kappa shape index (κ3) is 3.35. The van der Waals surface area contributed by atoms with Crippen LogP contribution < -0.4 is 5.32 Å². The van der Waals surface area contributed by atoms with E-state index in [1.165, 1.54) is 11.3 Å². The first-order valence-corrected chi connectivity index (χ1v) is 9.39. The number of rotatable bonds is 4. The molecule has 0 spiro atoms. The fourth-order valence-electron chi connectivity index (χ4n) is 3.13. The average molecular weight is 369 g/mol. The molecule has 0 saturated carbocycles. The molecule has 2 aromatic heterocycles. The molecule has 3 heterocycles. The molecule has 1 aliphatic heterocycles. The Morgan fingerprint density at radius 3 is 2.77 bits per heavy atom. The molecule has 0 unspecified atom stereocenters. The Morgan fingerprint density at radius 2 is 2.00 bits per heavy atom. The standard InChI is InChI=1S/C17H19N7OS/c1-12(16(25)19-17-22-18-11-26-17)23-8-7-14-20-21-15(24(14)10-9-23)13-5-3-2-4-6-13/h2-6,11-12H,7-10H2,1H3,(H,19,22,25)/t12-/m0/s1. The van der Waals surface area contributed by atoms with Gasteiger partial charge >= 0.3 is 0 Å². The summed E-state index contributed by atoms with van der Waals surface area (Å²) in [6.45, 7) is 4.19. The molecular formula is C17H19N7OS. The number of nitrogens with zero attached hydrogens (tertiary/aromatic N) is 6. The third-order valence-electron chi connectivity index (χ3n) is 4.61. The molecule has 1 aliphatic rings. The van der Waals surface area contributed by atoms with E-state index in [0.717, 1.165) is 43.3 Å². The van der Waals surface area contributed by atoms with E-state index in [2.05, 4.69) is 35.2 Å². The lowest BCUT2D eigenvalue weighted by Crippen LogP contribution is -2.43. The highest BCUT2D eigenvalue weighted by Crippen LogP contribution is 2.21. The highest BCUT2D eigenvalue weighted by atomic mass is 32.1. The van der Waals surface area contributed by atoms with Gasteiger partial charge in [0, 0.05) is 31.6 Å². The summed E-state index contributed by atoms with van der Waals surface area (Å²) in [5, 5.41) is 19.7. The largest absolute Gasteiger partial charge is 0.310 e. The number of carbonyl (C=O) groups excluding carboxylic acids is 1. The highest BCUT2D eigenvalue weighted by Gasteiger charge is 2.26. The third-order valence-corrected chi connectivity index (χ3v) is 5.22. The van der Waals surface area contributed by atoms with Gasteiger partial charge in [-0.05, 0) is 6.92 Å². The summed E-state index contributed by atoms with van der Waals surface area (Å²) in [6, 6.07) is 9.82. The Morgan fingerprint density at radius 1 is 1.15 bits per heavy atom. The summed E-state index contributed by atoms with van der Waals surface area (Å²) in [5.74, 6) is 1.78. The molecule has 1 amide bonds. The van der Waals surface area contributed by atoms with Crippen molar-refractivity contribution in [1.29, 1.82) is 0 Å². The molecule has 0 saturated heterocycles. The second-order valence-corrected chi connectivity index (χ2v) is 6.99. The van der Waals surface area contributed by atoms with E-state index >= 15 is 0 Å². The Balaban J connectivity index is 1.46. The Kier molecular flexibility index (Phi) is 4.72. The summed E-state index contributed by atoms with van der Waals surface area (Å²) in [4.78, 5) is 14.6. The minimum absolute atomic E-state index is 0.0669. The van der Waals surface area contributed by atoms with Gasteiger partial charge in [-0.1, -0.05) is 41.7 Å². The van der Waals surface area contributed by atoms with Gasteiger partial charge < -0.3 is 4.57 Å². The van der Waals surface area contributed by atoms with Crippen LogP contribution in [0.25, 0.3) is 11.4 Å². The molecule has 3 aromatic rings. The van der Waals surface area contributed by atoms with Crippen molar-refractivity contribution in [1.82, 2.24) is 29.9 Å². The Hall–Kier alpha value is -2.65. The monoisotopic (exact) mass is 369 g/mol. The summed E-state index contributed by atoms with van der Waals surface area (Å²) in [7, 11) is 0. The maximum Gasteiger partial charge on any atom is 0.243 e. The maximum absolute atomic E-state index is 12.5. The quantitative estimate of drug-likeness (QED) is 0.753. The van der Waals surface area contributed by atoms with Crippen molar-refractivity contribution in [3.05, 3.63) is 41.7 Å². The van der Waals surface area contributed by atoms with Crippen molar-refractivity contribution in [2.24, 2.45) is 0 Å². The second kappa shape index (κ2) is 7.30. The number of amides is 1. The van der Waals surface area contributed by atoms with Crippen LogP contribution >= 0.6 is 11.3 Å². The summed E-state index contributed by atoms with van der Waals surface area (Å²) >= 11 is 1.32. The Labute approximate surface area is 154 Å². The van der Waals surface area contributed by atoms with E-state index in [-0.39, 0.29) is 11.9 Å². The number of fused-ring (bicyclic) bond motifs is 1. The molecule has 0 aliphatic carbocycles. The van der Waals surface area contributed by atoms with E-state index in [9.17, 15) is 4.79 Å². The lowest BCUT2D eigenvalue weighted by molar-refractivity contribution is -0.120. The number of aromatic nitrogens is 5. The number of benzene rings is 1. The lowest BCUT2D eigenvalue weighted by atomic mass is 10.2. The smallest absolute Gasteiger partial charge is 0.243 e. The SMILES string of the molecule is C[C@@H](C(=O)Nc1nncs1)N1CCc2nnc(-c3ccccc3)n2CC1. The predicted octanol–water partition coefficient (Wildman–Crippen LogP) is 1.68. The molecule has 0 radical (unpaired) electrons. The fraction of sp³-hybridized carbons (Fsp3) is 0.353. The van der Waals surface area contributed by atoms with Gasteiger partial charge in [0.25, 0.3) is 0 Å². The van der Waals surface area contributed by atoms with Crippen LogP contribution in [0.3, 0.4) is 0 Å². The minimum Gasteiger partial charge on any atom is -0.310 e. The minimum atomic E-state index is -0.253. The zero-order valence-corrected chi connectivity index (χ0v) is 15.2. The Bertz CT molecular complexity index is 878. The molecule has 1 atom stereocenters. The van der Waals surface area contributed by atoms with E-state index in [0.29, 0.717) is 5.13 Å². The van der Waals surface area contributed by atoms with Crippen molar-refractivity contribution in [3.63, 3.8) is 0 Å². The van der Waals surface area contributed by atoms with Crippen LogP contribution in [0.15, 0.2) is 35.8 Å². The van der Waals surface area contributed by atoms with Crippen LogP contribution in [0, 0.1) is 0 Å². The summed E-state index contributed by atoms with van der Waals surface area (Å²) in [5.41, 5.74) is 2.66. The van der Waals surface area contributed by atoms with E-state index < -0.39 is 0 Å². The normalized spacial score (nSPS) is 15.9. The van der Waals surface area contributed by atoms with E-state index in [4.69, 9.17) is 0 Å². The molecule has 1 N–H and O–H groups in total. The topological polar surface area (TPSA) is 88.8 Å². The number of anilines is 1. The number of hydrogen-bond donors (Lipinski definition) is 1. The molecule has 134 valence electrons. The number of carbonyl (C=O) groups is 1. The van der Waals surface area contributed by atoms with Crippen LogP contribution in [0.5, 0.6) is 0 Å². The van der Waals surface area contributed by atoms with Crippen molar-refractivity contribution in [2.45, 2.75) is 25.9 Å². The molecular weight excluding hydrogens is 350 g/mol. The first kappa shape index (κ1) is 16.8. The molecule has 1 aromatic carbocycles. The molecule has 4 rings (SSSR count). The average Bonchev–Trinajstić information content (AvgIpc) is 3.27. The highest BCUT2D eigenvalue weighted by molar-refractivity contribution is 7.13. The van der Waals surface area contributed by atoms with E-state index in [1.54, 1.807) is 5.51 Å².